The van der Waals surface area contributed by atoms with Gasteiger partial charge in [-0.15, -0.1) is 0 Å². The van der Waals surface area contributed by atoms with Gasteiger partial charge in [0.2, 0.25) is 0 Å². The summed E-state index contributed by atoms with van der Waals surface area (Å²) in [5.74, 6) is 0.398. The van der Waals surface area contributed by atoms with E-state index in [0.717, 1.165) is 23.3 Å². The van der Waals surface area contributed by atoms with Crippen molar-refractivity contribution >= 4 is 0 Å². The molecule has 0 radical (unpaired) electrons. The molecule has 5 heteroatoms. The molecule has 0 spiro atoms. The lowest BCUT2D eigenvalue weighted by molar-refractivity contribution is -0.137. The third-order valence-electron chi connectivity index (χ3n) is 3.42. The number of hydrogen-bond acceptors (Lipinski definition) is 2. The Labute approximate surface area is 127 Å². The maximum absolute atomic E-state index is 12.6. The Morgan fingerprint density at radius 2 is 1.68 bits per heavy atom. The number of rotatable bonds is 5. The van der Waals surface area contributed by atoms with Crippen LogP contribution in [0.25, 0.3) is 0 Å². The van der Waals surface area contributed by atoms with E-state index in [1.165, 1.54) is 12.1 Å². The van der Waals surface area contributed by atoms with Crippen molar-refractivity contribution in [2.24, 2.45) is 5.73 Å². The van der Waals surface area contributed by atoms with Crippen LogP contribution < -0.4 is 10.5 Å². The minimum atomic E-state index is -4.34. The third-order valence-corrected chi connectivity index (χ3v) is 3.42. The first kappa shape index (κ1) is 16.4. The van der Waals surface area contributed by atoms with Gasteiger partial charge in [0, 0.05) is 6.42 Å². The molecule has 0 fully saturated rings. The monoisotopic (exact) mass is 309 g/mol. The van der Waals surface area contributed by atoms with Crippen molar-refractivity contribution in [1.29, 1.82) is 0 Å². The molecule has 1 unspecified atom stereocenters. The van der Waals surface area contributed by atoms with Crippen molar-refractivity contribution < 1.29 is 17.9 Å². The van der Waals surface area contributed by atoms with Crippen LogP contribution >= 0.6 is 0 Å². The van der Waals surface area contributed by atoms with Crippen molar-refractivity contribution in [2.75, 3.05) is 6.54 Å². The molecule has 22 heavy (non-hydrogen) atoms. The van der Waals surface area contributed by atoms with Crippen molar-refractivity contribution in [3.63, 3.8) is 0 Å². The molecule has 2 rings (SSSR count). The summed E-state index contributed by atoms with van der Waals surface area (Å²) in [6.45, 7) is 2.40. The van der Waals surface area contributed by atoms with Gasteiger partial charge in [0.05, 0.1) is 5.56 Å². The average molecular weight is 309 g/mol. The summed E-state index contributed by atoms with van der Waals surface area (Å²) < 4.78 is 43.5. The van der Waals surface area contributed by atoms with Crippen molar-refractivity contribution in [2.45, 2.75) is 25.6 Å². The molecule has 0 amide bonds. The van der Waals surface area contributed by atoms with Gasteiger partial charge in [-0.05, 0) is 48.9 Å². The van der Waals surface area contributed by atoms with Crippen LogP contribution in [0.15, 0.2) is 48.5 Å². The zero-order valence-corrected chi connectivity index (χ0v) is 12.2. The van der Waals surface area contributed by atoms with Gasteiger partial charge in [-0.2, -0.15) is 13.2 Å². The lowest BCUT2D eigenvalue weighted by Crippen LogP contribution is -2.14. The first-order valence-corrected chi connectivity index (χ1v) is 7.01. The molecule has 0 aliphatic carbocycles. The topological polar surface area (TPSA) is 35.2 Å². The maximum Gasteiger partial charge on any atom is 0.416 e. The highest BCUT2D eigenvalue weighted by Crippen LogP contribution is 2.32. The van der Waals surface area contributed by atoms with E-state index in [-0.39, 0.29) is 6.10 Å². The average Bonchev–Trinajstić information content (AvgIpc) is 2.47. The van der Waals surface area contributed by atoms with Crippen LogP contribution in [0.2, 0.25) is 0 Å². The second-order valence-electron chi connectivity index (χ2n) is 5.06. The molecule has 0 heterocycles. The van der Waals surface area contributed by atoms with Crippen LogP contribution in [0.5, 0.6) is 5.75 Å². The van der Waals surface area contributed by atoms with Crippen LogP contribution in [0.4, 0.5) is 13.2 Å². The van der Waals surface area contributed by atoms with Crippen LogP contribution in [-0.2, 0) is 6.18 Å². The highest BCUT2D eigenvalue weighted by Gasteiger charge is 2.30. The van der Waals surface area contributed by atoms with E-state index in [0.29, 0.717) is 18.7 Å². The lowest BCUT2D eigenvalue weighted by Gasteiger charge is -2.21. The van der Waals surface area contributed by atoms with Crippen molar-refractivity contribution in [3.05, 3.63) is 65.2 Å². The number of halogens is 3. The predicted octanol–water partition coefficient (Wildman–Crippen LogP) is 4.48. The first-order chi connectivity index (χ1) is 10.4. The van der Waals surface area contributed by atoms with Crippen molar-refractivity contribution in [1.82, 2.24) is 0 Å². The summed E-state index contributed by atoms with van der Waals surface area (Å²) >= 11 is 0. The SMILES string of the molecule is Cc1ccccc1C(CCN)Oc1ccc(C(F)(F)F)cc1. The summed E-state index contributed by atoms with van der Waals surface area (Å²) in [5, 5.41) is 0. The predicted molar refractivity (Wildman–Crippen MR) is 79.7 cm³/mol. The maximum atomic E-state index is 12.6. The minimum absolute atomic E-state index is 0.275. The van der Waals surface area contributed by atoms with E-state index in [1.54, 1.807) is 0 Å². The molecule has 1 atom stereocenters. The summed E-state index contributed by atoms with van der Waals surface area (Å²) in [6, 6.07) is 12.5. The highest BCUT2D eigenvalue weighted by molar-refractivity contribution is 5.32. The van der Waals surface area contributed by atoms with E-state index in [9.17, 15) is 13.2 Å². The fraction of sp³-hybridized carbons (Fsp3) is 0.294. The molecular weight excluding hydrogens is 291 g/mol. The van der Waals surface area contributed by atoms with E-state index in [1.807, 2.05) is 31.2 Å². The van der Waals surface area contributed by atoms with Gasteiger partial charge in [-0.1, -0.05) is 24.3 Å². The molecule has 0 aromatic heterocycles. The zero-order valence-electron chi connectivity index (χ0n) is 12.2. The fourth-order valence-corrected chi connectivity index (χ4v) is 2.26. The summed E-state index contributed by atoms with van der Waals surface area (Å²) in [4.78, 5) is 0. The van der Waals surface area contributed by atoms with Gasteiger partial charge in [0.1, 0.15) is 11.9 Å². The Bertz CT molecular complexity index is 608. The standard InChI is InChI=1S/C17H18F3NO/c1-12-4-2-3-5-15(12)16(10-11-21)22-14-8-6-13(7-9-14)17(18,19)20/h2-9,16H,10-11,21H2,1H3. The zero-order chi connectivity index (χ0) is 16.2. The molecule has 2 nitrogen and oxygen atoms in total. The Hall–Kier alpha value is -2.01. The molecule has 2 N–H and O–H groups in total. The highest BCUT2D eigenvalue weighted by atomic mass is 19.4. The number of benzene rings is 2. The normalized spacial score (nSPS) is 13.0. The lowest BCUT2D eigenvalue weighted by atomic mass is 10.0. The summed E-state index contributed by atoms with van der Waals surface area (Å²) in [6.07, 6.45) is -4.03. The van der Waals surface area contributed by atoms with Crippen molar-refractivity contribution in [3.8, 4) is 5.75 Å². The Balaban J connectivity index is 2.20. The Kier molecular flexibility index (Phi) is 5.08. The van der Waals surface area contributed by atoms with Gasteiger partial charge < -0.3 is 10.5 Å². The number of ether oxygens (including phenoxy) is 1. The number of nitrogens with two attached hydrogens (primary N) is 1. The first-order valence-electron chi connectivity index (χ1n) is 7.01. The summed E-state index contributed by atoms with van der Waals surface area (Å²) in [7, 11) is 0. The van der Waals surface area contributed by atoms with Gasteiger partial charge in [-0.25, -0.2) is 0 Å². The second-order valence-corrected chi connectivity index (χ2v) is 5.06. The molecule has 2 aromatic carbocycles. The molecule has 2 aromatic rings. The smallest absolute Gasteiger partial charge is 0.416 e. The molecule has 0 bridgehead atoms. The number of aryl methyl sites for hydroxylation is 1. The van der Waals surface area contributed by atoms with Gasteiger partial charge in [0.15, 0.2) is 0 Å². The molecule has 0 aliphatic rings. The van der Waals surface area contributed by atoms with E-state index in [2.05, 4.69) is 0 Å². The van der Waals surface area contributed by atoms with Gasteiger partial charge >= 0.3 is 6.18 Å². The van der Waals surface area contributed by atoms with E-state index < -0.39 is 11.7 Å². The van der Waals surface area contributed by atoms with Crippen LogP contribution in [0.3, 0.4) is 0 Å². The quantitative estimate of drug-likeness (QED) is 0.883. The minimum Gasteiger partial charge on any atom is -0.486 e. The summed E-state index contributed by atoms with van der Waals surface area (Å²) in [5.41, 5.74) is 6.99. The molecule has 118 valence electrons. The van der Waals surface area contributed by atoms with Gasteiger partial charge in [-0.3, -0.25) is 0 Å². The van der Waals surface area contributed by atoms with E-state index >= 15 is 0 Å². The molecule has 0 aliphatic heterocycles. The molecular formula is C17H18F3NO. The third kappa shape index (κ3) is 4.01. The largest absolute Gasteiger partial charge is 0.486 e. The van der Waals surface area contributed by atoms with Crippen LogP contribution in [0, 0.1) is 6.92 Å². The molecule has 0 saturated heterocycles. The molecule has 0 saturated carbocycles. The van der Waals surface area contributed by atoms with Crippen LogP contribution in [-0.4, -0.2) is 6.54 Å². The Morgan fingerprint density at radius 3 is 2.23 bits per heavy atom. The Morgan fingerprint density at radius 1 is 1.05 bits per heavy atom. The number of alkyl halides is 3. The number of hydrogen-bond donors (Lipinski definition) is 1. The second kappa shape index (κ2) is 6.83. The van der Waals surface area contributed by atoms with E-state index in [4.69, 9.17) is 10.5 Å². The van der Waals surface area contributed by atoms with Crippen LogP contribution in [0.1, 0.15) is 29.2 Å². The van der Waals surface area contributed by atoms with Gasteiger partial charge in [0.25, 0.3) is 0 Å². The fourth-order valence-electron chi connectivity index (χ4n) is 2.26.